The van der Waals surface area contributed by atoms with Gasteiger partial charge in [-0.3, -0.25) is 4.79 Å². The Labute approximate surface area is 124 Å². The first-order valence-corrected chi connectivity index (χ1v) is 7.98. The van der Waals surface area contributed by atoms with E-state index in [2.05, 4.69) is 0 Å². The average Bonchev–Trinajstić information content (AvgIpc) is 3.01. The zero-order chi connectivity index (χ0) is 15.0. The number of hydrogen-bond donors (Lipinski definition) is 2. The number of carbonyl (C=O) groups is 2. The number of carboxylic acid groups (broad SMARTS) is 1. The molecule has 2 N–H and O–H groups in total. The summed E-state index contributed by atoms with van der Waals surface area (Å²) in [7, 11) is 0. The minimum absolute atomic E-state index is 0.0744. The third kappa shape index (κ3) is 3.00. The quantitative estimate of drug-likeness (QED) is 0.796. The van der Waals surface area contributed by atoms with Crippen LogP contribution in [-0.2, 0) is 4.79 Å². The summed E-state index contributed by atoms with van der Waals surface area (Å²) in [5.74, 6) is 0.180. The smallest absolute Gasteiger partial charge is 0.320 e. The van der Waals surface area contributed by atoms with Crippen molar-refractivity contribution in [2.75, 3.05) is 26.2 Å². The maximum Gasteiger partial charge on any atom is 0.320 e. The van der Waals surface area contributed by atoms with Crippen molar-refractivity contribution in [2.24, 2.45) is 17.8 Å². The lowest BCUT2D eigenvalue weighted by atomic mass is 9.94. The van der Waals surface area contributed by atoms with Crippen molar-refractivity contribution >= 4 is 12.0 Å². The largest absolute Gasteiger partial charge is 0.481 e. The maximum atomic E-state index is 12.5. The number of fused-ring (bicyclic) bond motifs is 1. The monoisotopic (exact) mass is 296 g/mol. The van der Waals surface area contributed by atoms with Gasteiger partial charge < -0.3 is 20.0 Å². The van der Waals surface area contributed by atoms with Crippen molar-refractivity contribution < 1.29 is 19.8 Å². The van der Waals surface area contributed by atoms with E-state index in [0.717, 1.165) is 32.2 Å². The number of carbonyl (C=O) groups excluding carboxylic acids is 1. The molecule has 3 rings (SSSR count). The SMILES string of the molecule is O=C(O)CC1CCN(C(=O)N2CC3CCC(O)C3C2)CC1. The molecule has 2 amide bonds. The van der Waals surface area contributed by atoms with Gasteiger partial charge in [0.05, 0.1) is 6.10 Å². The molecule has 2 saturated heterocycles. The van der Waals surface area contributed by atoms with Crippen molar-refractivity contribution in [1.29, 1.82) is 0 Å². The fourth-order valence-electron chi connectivity index (χ4n) is 4.17. The number of nitrogens with zero attached hydrogens (tertiary/aromatic N) is 2. The molecule has 3 unspecified atom stereocenters. The molecule has 0 spiro atoms. The van der Waals surface area contributed by atoms with Crippen molar-refractivity contribution in [1.82, 2.24) is 9.80 Å². The van der Waals surface area contributed by atoms with E-state index in [1.807, 2.05) is 9.80 Å². The summed E-state index contributed by atoms with van der Waals surface area (Å²) in [5.41, 5.74) is 0. The summed E-state index contributed by atoms with van der Waals surface area (Å²) in [6, 6.07) is 0.0744. The van der Waals surface area contributed by atoms with Crippen molar-refractivity contribution in [3.63, 3.8) is 0 Å². The van der Waals surface area contributed by atoms with Crippen LogP contribution in [0.4, 0.5) is 4.79 Å². The number of rotatable bonds is 2. The van der Waals surface area contributed by atoms with E-state index in [0.29, 0.717) is 25.6 Å². The van der Waals surface area contributed by atoms with E-state index in [1.165, 1.54) is 0 Å². The molecule has 2 aliphatic heterocycles. The van der Waals surface area contributed by atoms with E-state index in [-0.39, 0.29) is 30.4 Å². The number of aliphatic hydroxyl groups excluding tert-OH is 1. The summed E-state index contributed by atoms with van der Waals surface area (Å²) in [4.78, 5) is 27.0. The number of piperidine rings is 1. The number of aliphatic hydroxyl groups is 1. The molecule has 2 heterocycles. The highest BCUT2D eigenvalue weighted by Crippen LogP contribution is 2.38. The minimum atomic E-state index is -0.749. The van der Waals surface area contributed by atoms with Crippen LogP contribution in [0.25, 0.3) is 0 Å². The van der Waals surface area contributed by atoms with Crippen LogP contribution < -0.4 is 0 Å². The molecule has 0 aromatic rings. The number of hydrogen-bond acceptors (Lipinski definition) is 3. The molecule has 3 fully saturated rings. The number of likely N-dealkylation sites (tertiary alicyclic amines) is 2. The highest BCUT2D eigenvalue weighted by atomic mass is 16.4. The molecule has 0 bridgehead atoms. The normalized spacial score (nSPS) is 33.3. The molecule has 21 heavy (non-hydrogen) atoms. The zero-order valence-corrected chi connectivity index (χ0v) is 12.3. The summed E-state index contributed by atoms with van der Waals surface area (Å²) < 4.78 is 0. The predicted octanol–water partition coefficient (Wildman–Crippen LogP) is 0.996. The van der Waals surface area contributed by atoms with Gasteiger partial charge >= 0.3 is 12.0 Å². The van der Waals surface area contributed by atoms with Crippen LogP contribution in [0.3, 0.4) is 0 Å². The Morgan fingerprint density at radius 3 is 2.33 bits per heavy atom. The Morgan fingerprint density at radius 1 is 1.00 bits per heavy atom. The second-order valence-corrected chi connectivity index (χ2v) is 6.78. The first-order valence-electron chi connectivity index (χ1n) is 7.98. The minimum Gasteiger partial charge on any atom is -0.481 e. The van der Waals surface area contributed by atoms with Crippen molar-refractivity contribution in [2.45, 2.75) is 38.2 Å². The Kier molecular flexibility index (Phi) is 4.06. The van der Waals surface area contributed by atoms with Crippen LogP contribution in [-0.4, -0.2) is 64.3 Å². The number of amides is 2. The van der Waals surface area contributed by atoms with Gasteiger partial charge in [-0.2, -0.15) is 0 Å². The highest BCUT2D eigenvalue weighted by Gasteiger charge is 2.44. The molecule has 6 heteroatoms. The molecule has 1 aliphatic carbocycles. The summed E-state index contributed by atoms with van der Waals surface area (Å²) >= 11 is 0. The van der Waals surface area contributed by atoms with Gasteiger partial charge in [0.25, 0.3) is 0 Å². The Hall–Kier alpha value is -1.30. The predicted molar refractivity (Wildman–Crippen MR) is 75.7 cm³/mol. The third-order valence-electron chi connectivity index (χ3n) is 5.44. The van der Waals surface area contributed by atoms with Crippen molar-refractivity contribution in [3.8, 4) is 0 Å². The molecule has 1 saturated carbocycles. The molecule has 3 aliphatic rings. The van der Waals surface area contributed by atoms with Crippen LogP contribution in [0, 0.1) is 17.8 Å². The van der Waals surface area contributed by atoms with E-state index in [9.17, 15) is 14.7 Å². The van der Waals surface area contributed by atoms with Gasteiger partial charge in [-0.25, -0.2) is 4.79 Å². The average molecular weight is 296 g/mol. The third-order valence-corrected chi connectivity index (χ3v) is 5.44. The molecule has 3 atom stereocenters. The Morgan fingerprint density at radius 2 is 1.71 bits per heavy atom. The van der Waals surface area contributed by atoms with Crippen LogP contribution in [0.5, 0.6) is 0 Å². The second-order valence-electron chi connectivity index (χ2n) is 6.78. The zero-order valence-electron chi connectivity index (χ0n) is 12.3. The molecule has 118 valence electrons. The molecule has 0 aromatic carbocycles. The fourth-order valence-corrected chi connectivity index (χ4v) is 4.17. The number of carboxylic acids is 1. The van der Waals surface area contributed by atoms with Gasteiger partial charge in [0.2, 0.25) is 0 Å². The van der Waals surface area contributed by atoms with Gasteiger partial charge in [0.15, 0.2) is 0 Å². The van der Waals surface area contributed by atoms with Gasteiger partial charge in [0.1, 0.15) is 0 Å². The van der Waals surface area contributed by atoms with E-state index >= 15 is 0 Å². The molecular weight excluding hydrogens is 272 g/mol. The first-order chi connectivity index (χ1) is 10.0. The molecule has 0 radical (unpaired) electrons. The molecular formula is C15H24N2O4. The topological polar surface area (TPSA) is 81.1 Å². The second kappa shape index (κ2) is 5.83. The van der Waals surface area contributed by atoms with Crippen LogP contribution in [0.15, 0.2) is 0 Å². The molecule has 6 nitrogen and oxygen atoms in total. The lowest BCUT2D eigenvalue weighted by Crippen LogP contribution is -2.46. The van der Waals surface area contributed by atoms with E-state index in [4.69, 9.17) is 5.11 Å². The number of aliphatic carboxylic acids is 1. The fraction of sp³-hybridized carbons (Fsp3) is 0.867. The Bertz CT molecular complexity index is 420. The molecule has 0 aromatic heterocycles. The Balaban J connectivity index is 1.50. The standard InChI is InChI=1S/C15H24N2O4/c18-13-2-1-11-8-17(9-12(11)13)15(21)16-5-3-10(4-6-16)7-14(19)20/h10-13,18H,1-9H2,(H,19,20). The van der Waals surface area contributed by atoms with E-state index < -0.39 is 5.97 Å². The lowest BCUT2D eigenvalue weighted by Gasteiger charge is -2.34. The maximum absolute atomic E-state index is 12.5. The van der Waals surface area contributed by atoms with Crippen LogP contribution >= 0.6 is 0 Å². The van der Waals surface area contributed by atoms with Crippen molar-refractivity contribution in [3.05, 3.63) is 0 Å². The van der Waals surface area contributed by atoms with Gasteiger partial charge in [0, 0.05) is 38.5 Å². The van der Waals surface area contributed by atoms with E-state index in [1.54, 1.807) is 0 Å². The van der Waals surface area contributed by atoms with Crippen LogP contribution in [0.1, 0.15) is 32.1 Å². The summed E-state index contributed by atoms with van der Waals surface area (Å²) in [5, 5.41) is 18.7. The summed E-state index contributed by atoms with van der Waals surface area (Å²) in [6.07, 6.45) is 3.42. The lowest BCUT2D eigenvalue weighted by molar-refractivity contribution is -0.138. The first kappa shape index (κ1) is 14.6. The van der Waals surface area contributed by atoms with Gasteiger partial charge in [-0.15, -0.1) is 0 Å². The van der Waals surface area contributed by atoms with Gasteiger partial charge in [-0.05, 0) is 37.5 Å². The van der Waals surface area contributed by atoms with Gasteiger partial charge in [-0.1, -0.05) is 0 Å². The van der Waals surface area contributed by atoms with Crippen LogP contribution in [0.2, 0.25) is 0 Å². The summed E-state index contributed by atoms with van der Waals surface area (Å²) in [6.45, 7) is 2.77. The number of urea groups is 1. The highest BCUT2D eigenvalue weighted by molar-refractivity contribution is 5.75.